The van der Waals surface area contributed by atoms with Gasteiger partial charge in [0.1, 0.15) is 29.7 Å². The molecule has 236 valence electrons. The zero-order valence-corrected chi connectivity index (χ0v) is 25.4. The predicted octanol–water partition coefficient (Wildman–Crippen LogP) is 2.61. The van der Waals surface area contributed by atoms with Gasteiger partial charge in [0.2, 0.25) is 6.29 Å². The van der Waals surface area contributed by atoms with Gasteiger partial charge in [-0.3, -0.25) is 4.79 Å². The summed E-state index contributed by atoms with van der Waals surface area (Å²) in [6.07, 6.45) is -4.22. The third-order valence-corrected chi connectivity index (χ3v) is 7.94. The molecule has 0 radical (unpaired) electrons. The quantitative estimate of drug-likeness (QED) is 0.322. The number of likely N-dealkylation sites (tertiary alicyclic amines) is 1. The van der Waals surface area contributed by atoms with Crippen molar-refractivity contribution in [1.82, 2.24) is 10.2 Å². The molecule has 0 aliphatic carbocycles. The number of aliphatic hydroxyl groups excluding tert-OH is 3. The maximum absolute atomic E-state index is 13.0. The summed E-state index contributed by atoms with van der Waals surface area (Å²) < 4.78 is 16.9. The highest BCUT2D eigenvalue weighted by Crippen LogP contribution is 2.34. The second kappa shape index (κ2) is 13.2. The zero-order valence-electron chi connectivity index (χ0n) is 25.4. The highest BCUT2D eigenvalue weighted by Gasteiger charge is 2.53. The molecule has 2 aliphatic heterocycles. The average Bonchev–Trinajstić information content (AvgIpc) is 2.96. The smallest absolute Gasteiger partial charge is 0.410 e. The first-order valence-corrected chi connectivity index (χ1v) is 14.7. The van der Waals surface area contributed by atoms with Gasteiger partial charge in [0.15, 0.2) is 5.60 Å². The van der Waals surface area contributed by atoms with E-state index in [4.69, 9.17) is 14.2 Å². The van der Waals surface area contributed by atoms with Gasteiger partial charge in [0, 0.05) is 25.2 Å². The van der Waals surface area contributed by atoms with E-state index in [1.807, 2.05) is 58.0 Å². The largest absolute Gasteiger partial charge is 0.461 e. The monoisotopic (exact) mass is 600 g/mol. The van der Waals surface area contributed by atoms with Crippen molar-refractivity contribution in [3.05, 3.63) is 53.6 Å². The number of nitrogens with zero attached hydrogens (tertiary/aromatic N) is 1. The van der Waals surface area contributed by atoms with E-state index in [-0.39, 0.29) is 17.9 Å². The third-order valence-electron chi connectivity index (χ3n) is 7.94. The summed E-state index contributed by atoms with van der Waals surface area (Å²) in [5.41, 5.74) is 0.452. The van der Waals surface area contributed by atoms with Crippen LogP contribution >= 0.6 is 0 Å². The van der Waals surface area contributed by atoms with Crippen LogP contribution in [0.4, 0.5) is 4.79 Å². The van der Waals surface area contributed by atoms with Gasteiger partial charge in [0.25, 0.3) is 5.91 Å². The topological polar surface area (TPSA) is 158 Å². The molecule has 4 rings (SSSR count). The lowest BCUT2D eigenvalue weighted by Crippen LogP contribution is -2.66. The predicted molar refractivity (Wildman–Crippen MR) is 158 cm³/mol. The summed E-state index contributed by atoms with van der Waals surface area (Å²) in [5.74, 6) is 0.483. The van der Waals surface area contributed by atoms with Gasteiger partial charge in [-0.2, -0.15) is 0 Å². The molecular weight excluding hydrogens is 556 g/mol. The number of ether oxygens (including phenoxy) is 3. The van der Waals surface area contributed by atoms with E-state index >= 15 is 0 Å². The van der Waals surface area contributed by atoms with Crippen LogP contribution in [-0.4, -0.2) is 99.4 Å². The Morgan fingerprint density at radius 1 is 1.09 bits per heavy atom. The minimum atomic E-state index is -1.92. The Morgan fingerprint density at radius 3 is 2.40 bits per heavy atom. The fourth-order valence-corrected chi connectivity index (χ4v) is 5.27. The number of aliphatic hydroxyl groups is 4. The minimum absolute atomic E-state index is 0.177. The Morgan fingerprint density at radius 2 is 1.77 bits per heavy atom. The first-order chi connectivity index (χ1) is 20.2. The highest BCUT2D eigenvalue weighted by atomic mass is 16.7. The summed E-state index contributed by atoms with van der Waals surface area (Å²) in [7, 11) is 0. The molecule has 5 atom stereocenters. The van der Waals surface area contributed by atoms with Crippen molar-refractivity contribution in [3.63, 3.8) is 0 Å². The van der Waals surface area contributed by atoms with Crippen LogP contribution in [0, 0.1) is 12.8 Å². The number of carbonyl (C=O) groups excluding carboxylic acids is 2. The maximum Gasteiger partial charge on any atom is 0.410 e. The molecule has 2 saturated heterocycles. The van der Waals surface area contributed by atoms with Crippen LogP contribution in [0.1, 0.15) is 56.5 Å². The Hall–Kier alpha value is -3.22. The van der Waals surface area contributed by atoms with Crippen molar-refractivity contribution >= 4 is 12.0 Å². The number of rotatable bonds is 7. The lowest BCUT2D eigenvalue weighted by Gasteiger charge is -2.45. The minimum Gasteiger partial charge on any atom is -0.461 e. The first-order valence-electron chi connectivity index (χ1n) is 14.7. The molecular formula is C32H44N2O9. The third kappa shape index (κ3) is 7.84. The second-order valence-electron chi connectivity index (χ2n) is 12.7. The van der Waals surface area contributed by atoms with Crippen molar-refractivity contribution < 1.29 is 44.2 Å². The van der Waals surface area contributed by atoms with Crippen molar-refractivity contribution in [2.24, 2.45) is 5.92 Å². The molecule has 43 heavy (non-hydrogen) atoms. The normalized spacial score (nSPS) is 26.6. The van der Waals surface area contributed by atoms with Crippen LogP contribution in [0.15, 0.2) is 42.5 Å². The molecule has 11 heteroatoms. The molecule has 2 aromatic rings. The van der Waals surface area contributed by atoms with Gasteiger partial charge in [-0.1, -0.05) is 18.2 Å². The number of piperidine rings is 1. The summed E-state index contributed by atoms with van der Waals surface area (Å²) in [6.45, 7) is 9.82. The van der Waals surface area contributed by atoms with Gasteiger partial charge >= 0.3 is 6.09 Å². The molecule has 5 N–H and O–H groups in total. The summed E-state index contributed by atoms with van der Waals surface area (Å²) >= 11 is 0. The molecule has 0 bridgehead atoms. The lowest BCUT2D eigenvalue weighted by molar-refractivity contribution is -0.314. The van der Waals surface area contributed by atoms with Gasteiger partial charge < -0.3 is 44.9 Å². The number of benzene rings is 2. The molecule has 11 nitrogen and oxygen atoms in total. The fourth-order valence-electron chi connectivity index (χ4n) is 5.27. The number of hydrogen-bond acceptors (Lipinski definition) is 9. The van der Waals surface area contributed by atoms with E-state index < -0.39 is 42.4 Å². The Kier molecular flexibility index (Phi) is 10.0. The number of carbonyl (C=O) groups is 2. The molecule has 2 aliphatic rings. The lowest BCUT2D eigenvalue weighted by atomic mass is 9.88. The van der Waals surface area contributed by atoms with Crippen LogP contribution in [0.3, 0.4) is 0 Å². The molecule has 2 aromatic carbocycles. The average molecular weight is 601 g/mol. The molecule has 0 saturated carbocycles. The highest BCUT2D eigenvalue weighted by molar-refractivity contribution is 5.95. The number of amides is 2. The Balaban J connectivity index is 1.35. The van der Waals surface area contributed by atoms with Gasteiger partial charge in [-0.05, 0) is 94.3 Å². The van der Waals surface area contributed by atoms with Crippen molar-refractivity contribution in [2.45, 2.75) is 83.3 Å². The Bertz CT molecular complexity index is 1280. The van der Waals surface area contributed by atoms with Crippen molar-refractivity contribution in [2.75, 3.05) is 26.2 Å². The molecule has 0 unspecified atom stereocenters. The number of aryl methyl sites for hydroxylation is 1. The second-order valence-corrected chi connectivity index (χ2v) is 12.7. The fraction of sp³-hybridized carbons (Fsp3) is 0.562. The van der Waals surface area contributed by atoms with Crippen LogP contribution in [-0.2, 0) is 9.47 Å². The van der Waals surface area contributed by atoms with E-state index in [1.54, 1.807) is 17.0 Å². The molecule has 2 heterocycles. The van der Waals surface area contributed by atoms with Crippen LogP contribution < -0.4 is 10.1 Å². The molecule has 2 amide bonds. The zero-order chi connectivity index (χ0) is 31.5. The summed E-state index contributed by atoms with van der Waals surface area (Å²) in [5, 5.41) is 43.7. The summed E-state index contributed by atoms with van der Waals surface area (Å²) in [6, 6.07) is 12.7. The molecule has 0 spiro atoms. The van der Waals surface area contributed by atoms with E-state index in [0.717, 1.165) is 24.0 Å². The van der Waals surface area contributed by atoms with Crippen LogP contribution in [0.5, 0.6) is 5.75 Å². The van der Waals surface area contributed by atoms with Gasteiger partial charge in [-0.15, -0.1) is 0 Å². The Labute approximate surface area is 252 Å². The van der Waals surface area contributed by atoms with E-state index in [0.29, 0.717) is 36.5 Å². The van der Waals surface area contributed by atoms with E-state index in [2.05, 4.69) is 5.32 Å². The SMILES string of the molecule is Cc1cc(-c2cccc(C(=O)NCC3CCN(C(=O)OC(C)(C)C)CC3)c2)ccc1O[C@H]1O[C@H](CO)[C@@H](O)[C@H](O)[C@]1(C)O. The van der Waals surface area contributed by atoms with Gasteiger partial charge in [-0.25, -0.2) is 4.79 Å². The van der Waals surface area contributed by atoms with E-state index in [9.17, 15) is 30.0 Å². The van der Waals surface area contributed by atoms with Crippen molar-refractivity contribution in [1.29, 1.82) is 0 Å². The molecule has 2 fully saturated rings. The summed E-state index contributed by atoms with van der Waals surface area (Å²) in [4.78, 5) is 27.0. The van der Waals surface area contributed by atoms with Crippen LogP contribution in [0.25, 0.3) is 11.1 Å². The van der Waals surface area contributed by atoms with Gasteiger partial charge in [0.05, 0.1) is 6.61 Å². The maximum atomic E-state index is 13.0. The van der Waals surface area contributed by atoms with E-state index in [1.165, 1.54) is 6.92 Å². The van der Waals surface area contributed by atoms with Crippen LogP contribution in [0.2, 0.25) is 0 Å². The first kappa shape index (κ1) is 32.7. The number of hydrogen-bond donors (Lipinski definition) is 5. The molecule has 0 aromatic heterocycles. The standard InChI is InChI=1S/C32H44N2O9/c1-19-15-22(9-10-24(19)41-29-32(5,40)27(37)26(36)25(18-35)42-29)21-7-6-8-23(16-21)28(38)33-17-20-11-13-34(14-12-20)30(39)43-31(2,3)4/h6-10,15-16,20,25-27,29,35-37,40H,11-14,17-18H2,1-5H3,(H,33,38)/t25-,26-,27+,29+,32+/m1/s1. The van der Waals surface area contributed by atoms with Crippen molar-refractivity contribution in [3.8, 4) is 16.9 Å². The number of nitrogens with one attached hydrogen (secondary N) is 1.